The number of imidazole rings is 2. The highest BCUT2D eigenvalue weighted by Crippen LogP contribution is 2.17. The second kappa shape index (κ2) is 5.87. The molecule has 1 aromatic carbocycles. The molecule has 0 spiro atoms. The predicted molar refractivity (Wildman–Crippen MR) is 101 cm³/mol. The summed E-state index contributed by atoms with van der Waals surface area (Å²) < 4.78 is 6.40. The summed E-state index contributed by atoms with van der Waals surface area (Å²) in [4.78, 5) is 29.9. The Morgan fingerprint density at radius 3 is 2.58 bits per heavy atom. The minimum Gasteiger partial charge on any atom is -0.310 e. The number of hydrogen-bond donors (Lipinski definition) is 0. The van der Waals surface area contributed by atoms with Crippen LogP contribution in [0.2, 0.25) is 0 Å². The van der Waals surface area contributed by atoms with E-state index in [0.717, 1.165) is 11.3 Å². The largest absolute Gasteiger partial charge is 0.332 e. The van der Waals surface area contributed by atoms with Gasteiger partial charge < -0.3 is 4.57 Å². The summed E-state index contributed by atoms with van der Waals surface area (Å²) in [5, 5.41) is 0. The lowest BCUT2D eigenvalue weighted by atomic mass is 10.2. The molecular formula is C19H19N5O2. The zero-order chi connectivity index (χ0) is 18.4. The maximum atomic E-state index is 12.9. The van der Waals surface area contributed by atoms with E-state index >= 15 is 0 Å². The topological polar surface area (TPSA) is 66.2 Å². The van der Waals surface area contributed by atoms with Crippen molar-refractivity contribution in [3.8, 4) is 0 Å². The van der Waals surface area contributed by atoms with Crippen molar-refractivity contribution in [2.45, 2.75) is 20.0 Å². The van der Waals surface area contributed by atoms with Gasteiger partial charge in [-0.25, -0.2) is 4.79 Å². The fourth-order valence-electron chi connectivity index (χ4n) is 3.31. The van der Waals surface area contributed by atoms with Crippen LogP contribution in [0.15, 0.2) is 58.8 Å². The Morgan fingerprint density at radius 1 is 1.15 bits per heavy atom. The van der Waals surface area contributed by atoms with Gasteiger partial charge in [-0.3, -0.25) is 18.3 Å². The number of fused-ring (bicyclic) bond motifs is 3. The maximum absolute atomic E-state index is 12.9. The number of nitrogens with zero attached hydrogens (tertiary/aromatic N) is 5. The first-order valence-corrected chi connectivity index (χ1v) is 8.35. The molecular weight excluding hydrogens is 330 g/mol. The van der Waals surface area contributed by atoms with Gasteiger partial charge in [0.15, 0.2) is 11.2 Å². The molecule has 7 heteroatoms. The van der Waals surface area contributed by atoms with Crippen LogP contribution in [0, 0.1) is 6.92 Å². The molecule has 0 saturated heterocycles. The van der Waals surface area contributed by atoms with Crippen molar-refractivity contribution in [1.29, 1.82) is 0 Å². The van der Waals surface area contributed by atoms with Gasteiger partial charge in [0.1, 0.15) is 0 Å². The SMILES string of the molecule is C=CCn1c(=O)c2c(nc3n(Cc4ccccc4)c(C)cn23)n(C)c1=O. The molecule has 0 amide bonds. The number of rotatable bonds is 4. The van der Waals surface area contributed by atoms with Crippen molar-refractivity contribution < 1.29 is 0 Å². The van der Waals surface area contributed by atoms with Crippen LogP contribution in [0.1, 0.15) is 11.3 Å². The zero-order valence-corrected chi connectivity index (χ0v) is 14.7. The summed E-state index contributed by atoms with van der Waals surface area (Å²) >= 11 is 0. The minimum absolute atomic E-state index is 0.165. The first kappa shape index (κ1) is 16.1. The van der Waals surface area contributed by atoms with Crippen LogP contribution in [0.3, 0.4) is 0 Å². The van der Waals surface area contributed by atoms with E-state index in [-0.39, 0.29) is 12.1 Å². The van der Waals surface area contributed by atoms with Crippen LogP contribution >= 0.6 is 0 Å². The van der Waals surface area contributed by atoms with E-state index in [1.807, 2.05) is 48.0 Å². The van der Waals surface area contributed by atoms with E-state index in [4.69, 9.17) is 0 Å². The number of allylic oxidation sites excluding steroid dienone is 1. The maximum Gasteiger partial charge on any atom is 0.332 e. The number of benzene rings is 1. The molecule has 0 atom stereocenters. The Kier molecular flexibility index (Phi) is 3.64. The summed E-state index contributed by atoms with van der Waals surface area (Å²) in [5.41, 5.74) is 2.17. The number of aromatic nitrogens is 5. The molecule has 26 heavy (non-hydrogen) atoms. The van der Waals surface area contributed by atoms with Crippen molar-refractivity contribution in [3.05, 3.63) is 81.3 Å². The second-order valence-corrected chi connectivity index (χ2v) is 6.34. The lowest BCUT2D eigenvalue weighted by molar-refractivity contribution is 0.667. The molecule has 0 fully saturated rings. The Labute approximate surface area is 149 Å². The number of hydrogen-bond acceptors (Lipinski definition) is 3. The Morgan fingerprint density at radius 2 is 1.88 bits per heavy atom. The molecule has 4 rings (SSSR count). The van der Waals surface area contributed by atoms with E-state index in [1.54, 1.807) is 17.5 Å². The van der Waals surface area contributed by atoms with Crippen molar-refractivity contribution >= 4 is 16.9 Å². The minimum atomic E-state index is -0.394. The molecule has 0 N–H and O–H groups in total. The van der Waals surface area contributed by atoms with Crippen LogP contribution in [0.4, 0.5) is 0 Å². The third-order valence-electron chi connectivity index (χ3n) is 4.64. The molecule has 0 radical (unpaired) electrons. The molecule has 0 saturated carbocycles. The quantitative estimate of drug-likeness (QED) is 0.527. The van der Waals surface area contributed by atoms with Crippen molar-refractivity contribution in [3.63, 3.8) is 0 Å². The van der Waals surface area contributed by atoms with Gasteiger partial charge in [-0.1, -0.05) is 36.4 Å². The van der Waals surface area contributed by atoms with Crippen molar-refractivity contribution in [2.24, 2.45) is 7.05 Å². The highest BCUT2D eigenvalue weighted by Gasteiger charge is 2.19. The average Bonchev–Trinajstić information content (AvgIpc) is 3.14. The van der Waals surface area contributed by atoms with Gasteiger partial charge >= 0.3 is 5.69 Å². The smallest absolute Gasteiger partial charge is 0.310 e. The Bertz CT molecular complexity index is 1250. The van der Waals surface area contributed by atoms with Gasteiger partial charge in [0.2, 0.25) is 5.78 Å². The van der Waals surface area contributed by atoms with E-state index in [1.165, 1.54) is 9.13 Å². The third kappa shape index (κ3) is 2.24. The van der Waals surface area contributed by atoms with Gasteiger partial charge in [-0.05, 0) is 12.5 Å². The normalized spacial score (nSPS) is 11.5. The molecule has 4 aromatic rings. The highest BCUT2D eigenvalue weighted by molar-refractivity contribution is 5.75. The summed E-state index contributed by atoms with van der Waals surface area (Å²) in [7, 11) is 1.63. The lowest BCUT2D eigenvalue weighted by Gasteiger charge is -2.06. The lowest BCUT2D eigenvalue weighted by Crippen LogP contribution is -2.39. The standard InChI is InChI=1S/C19H19N5O2/c1-4-10-22-17(25)15-16(21(3)19(22)26)20-18-23(13(2)11-24(15)18)12-14-8-6-5-7-9-14/h4-9,11H,1,10,12H2,2-3H3. The number of aryl methyl sites for hydroxylation is 2. The summed E-state index contributed by atoms with van der Waals surface area (Å²) in [6, 6.07) is 10.1. The first-order chi connectivity index (χ1) is 12.5. The fourth-order valence-corrected chi connectivity index (χ4v) is 3.31. The van der Waals surface area contributed by atoms with Crippen LogP contribution in [-0.4, -0.2) is 23.1 Å². The summed E-state index contributed by atoms with van der Waals surface area (Å²) in [6.45, 7) is 6.41. The first-order valence-electron chi connectivity index (χ1n) is 8.35. The zero-order valence-electron chi connectivity index (χ0n) is 14.7. The van der Waals surface area contributed by atoms with Gasteiger partial charge in [0.25, 0.3) is 5.56 Å². The molecule has 3 heterocycles. The fraction of sp³-hybridized carbons (Fsp3) is 0.211. The molecule has 0 bridgehead atoms. The molecule has 0 aliphatic rings. The third-order valence-corrected chi connectivity index (χ3v) is 4.64. The van der Waals surface area contributed by atoms with Gasteiger partial charge in [-0.2, -0.15) is 4.98 Å². The van der Waals surface area contributed by atoms with Gasteiger partial charge in [-0.15, -0.1) is 6.58 Å². The second-order valence-electron chi connectivity index (χ2n) is 6.34. The average molecular weight is 349 g/mol. The molecule has 0 aliphatic carbocycles. The van der Waals surface area contributed by atoms with Crippen LogP contribution in [0.25, 0.3) is 16.9 Å². The van der Waals surface area contributed by atoms with Gasteiger partial charge in [0, 0.05) is 25.5 Å². The summed E-state index contributed by atoms with van der Waals surface area (Å²) in [5.74, 6) is 0.643. The molecule has 132 valence electrons. The van der Waals surface area contributed by atoms with Crippen molar-refractivity contribution in [2.75, 3.05) is 0 Å². The molecule has 0 unspecified atom stereocenters. The predicted octanol–water partition coefficient (Wildman–Crippen LogP) is 1.69. The molecule has 3 aromatic heterocycles. The summed E-state index contributed by atoms with van der Waals surface area (Å²) in [6.07, 6.45) is 3.43. The molecule has 0 aliphatic heterocycles. The van der Waals surface area contributed by atoms with E-state index in [9.17, 15) is 9.59 Å². The van der Waals surface area contributed by atoms with Crippen LogP contribution in [0.5, 0.6) is 0 Å². The van der Waals surface area contributed by atoms with Crippen LogP contribution < -0.4 is 11.2 Å². The Balaban J connectivity index is 2.03. The highest BCUT2D eigenvalue weighted by atomic mass is 16.2. The van der Waals surface area contributed by atoms with E-state index in [0.29, 0.717) is 23.5 Å². The van der Waals surface area contributed by atoms with E-state index < -0.39 is 5.69 Å². The Hall–Kier alpha value is -3.35. The van der Waals surface area contributed by atoms with Crippen LogP contribution in [-0.2, 0) is 20.1 Å². The van der Waals surface area contributed by atoms with E-state index in [2.05, 4.69) is 11.6 Å². The molecule has 7 nitrogen and oxygen atoms in total. The van der Waals surface area contributed by atoms with Crippen molar-refractivity contribution in [1.82, 2.24) is 23.1 Å². The monoisotopic (exact) mass is 349 g/mol. The van der Waals surface area contributed by atoms with Gasteiger partial charge in [0.05, 0.1) is 6.54 Å².